The van der Waals surface area contributed by atoms with Gasteiger partial charge in [-0.2, -0.15) is 0 Å². The second-order valence-electron chi connectivity index (χ2n) is 22.6. The van der Waals surface area contributed by atoms with E-state index >= 15 is 0 Å². The Morgan fingerprint density at radius 2 is 1.36 bits per heavy atom. The van der Waals surface area contributed by atoms with Crippen LogP contribution in [0.5, 0.6) is 0 Å². The highest BCUT2D eigenvalue weighted by Crippen LogP contribution is 2.48. The molecular formula is C70H82N6O. The molecule has 2 aliphatic carbocycles. The monoisotopic (exact) mass is 1020 g/mol. The first-order valence-corrected chi connectivity index (χ1v) is 29.4. The highest BCUT2D eigenvalue weighted by Gasteiger charge is 2.47. The number of benzene rings is 4. The van der Waals surface area contributed by atoms with Crippen LogP contribution in [-0.4, -0.2) is 20.2 Å². The number of hydrogen-bond donors (Lipinski definition) is 3. The standard InChI is InChI=1S/C70H82N6O/c1-8-15-29-48-30-21-20-23-33-59-64(48)53-44-49(75-56-32-25-24-31-52(56)65(60(75)27-10-3)68(71,13-6)42-16-9-2)35-38-57(53)74(59)50-36-39-58-54(45-50)66-61(34-22-18-17-19-26-43-69(66,72)14-7)76(58)51-37-40-62-55(46-51)67(63(77-62)28-11-4)70(41-12-5)47-73-70/h10-11,17-18,20-25,27-28,31-40,44-46,48,73H,8-9,12-16,19,26,29-30,41-43,47,71-72H2,1-7H3/b18-17+,21-20-,27-10-,28-11-,33-23-,34-22-. The van der Waals surface area contributed by atoms with Crippen molar-refractivity contribution in [2.24, 2.45) is 11.5 Å². The molecule has 7 heteroatoms. The second kappa shape index (κ2) is 21.6. The number of aromatic nitrogens is 3. The van der Waals surface area contributed by atoms with Crippen molar-refractivity contribution in [3.8, 4) is 17.1 Å². The summed E-state index contributed by atoms with van der Waals surface area (Å²) in [7, 11) is 0. The summed E-state index contributed by atoms with van der Waals surface area (Å²) in [5, 5.41) is 8.68. The van der Waals surface area contributed by atoms with Crippen LogP contribution in [0.3, 0.4) is 0 Å². The van der Waals surface area contributed by atoms with Gasteiger partial charge in [0.1, 0.15) is 11.3 Å². The molecule has 0 amide bonds. The average Bonchev–Trinajstić information content (AvgIpc) is 3.89. The van der Waals surface area contributed by atoms with E-state index in [1.807, 2.05) is 0 Å². The van der Waals surface area contributed by atoms with E-state index in [2.05, 4.69) is 219 Å². The van der Waals surface area contributed by atoms with Gasteiger partial charge >= 0.3 is 0 Å². The topological polar surface area (TPSA) is 102 Å². The predicted molar refractivity (Wildman–Crippen MR) is 330 cm³/mol. The second-order valence-corrected chi connectivity index (χ2v) is 22.6. The molecule has 77 heavy (non-hydrogen) atoms. The van der Waals surface area contributed by atoms with Crippen LogP contribution < -0.4 is 16.8 Å². The number of allylic oxidation sites excluding steroid dienone is 8. The molecule has 7 nitrogen and oxygen atoms in total. The molecule has 3 aliphatic rings. The zero-order chi connectivity index (χ0) is 53.5. The molecule has 4 aromatic carbocycles. The number of nitrogens with one attached hydrogen (secondary N) is 1. The summed E-state index contributed by atoms with van der Waals surface area (Å²) >= 11 is 0. The highest BCUT2D eigenvalue weighted by atomic mass is 16.3. The molecule has 4 atom stereocenters. The molecule has 398 valence electrons. The highest BCUT2D eigenvalue weighted by molar-refractivity contribution is 5.98. The Morgan fingerprint density at radius 1 is 0.701 bits per heavy atom. The first kappa shape index (κ1) is 52.4. The van der Waals surface area contributed by atoms with Crippen LogP contribution in [0.2, 0.25) is 0 Å². The molecule has 0 saturated carbocycles. The summed E-state index contributed by atoms with van der Waals surface area (Å²) in [6.45, 7) is 16.6. The van der Waals surface area contributed by atoms with Gasteiger partial charge in [0.15, 0.2) is 0 Å². The maximum absolute atomic E-state index is 7.90. The fraction of sp³-hybridized carbons (Fsp3) is 0.371. The molecule has 1 fully saturated rings. The minimum Gasteiger partial charge on any atom is -0.456 e. The molecule has 0 bridgehead atoms. The maximum atomic E-state index is 7.90. The van der Waals surface area contributed by atoms with Crippen LogP contribution >= 0.6 is 0 Å². The summed E-state index contributed by atoms with van der Waals surface area (Å²) in [5.74, 6) is 1.29. The van der Waals surface area contributed by atoms with Crippen molar-refractivity contribution in [2.45, 2.75) is 161 Å². The lowest BCUT2D eigenvalue weighted by Crippen LogP contribution is -2.36. The zero-order valence-electron chi connectivity index (χ0n) is 47.0. The molecule has 5 heterocycles. The van der Waals surface area contributed by atoms with Gasteiger partial charge in [-0.3, -0.25) is 0 Å². The van der Waals surface area contributed by atoms with Crippen molar-refractivity contribution >= 4 is 68.0 Å². The molecule has 8 aromatic rings. The molecule has 0 radical (unpaired) electrons. The van der Waals surface area contributed by atoms with E-state index in [4.69, 9.17) is 15.9 Å². The summed E-state index contributed by atoms with van der Waals surface area (Å²) in [5.41, 5.74) is 31.0. The van der Waals surface area contributed by atoms with Crippen molar-refractivity contribution in [1.29, 1.82) is 0 Å². The number of nitrogens with zero attached hydrogens (tertiary/aromatic N) is 3. The van der Waals surface area contributed by atoms with E-state index in [9.17, 15) is 0 Å². The number of hydrogen-bond acceptors (Lipinski definition) is 4. The van der Waals surface area contributed by atoms with Crippen molar-refractivity contribution in [3.05, 3.63) is 173 Å². The quantitative estimate of drug-likeness (QED) is 0.0791. The SMILES string of the molecule is C/C=C\c1oc2ccc(-n3c4c(c5cc(-n6c7c(c8cc(-n9c(/C=C\C)c(C(N)(CC)CCCC)c%10ccccc%109)ccc86)C(CCCC)C/C=C\C=C/7)ccc53)C(N)(CC)CCC/C=C/C=C\4)cc2c1C1(CCC)CN1. The van der Waals surface area contributed by atoms with E-state index in [1.54, 1.807) is 0 Å². The Bertz CT molecular complexity index is 3680. The lowest BCUT2D eigenvalue weighted by molar-refractivity contribution is 0.382. The fourth-order valence-corrected chi connectivity index (χ4v) is 13.7. The molecule has 1 aliphatic heterocycles. The molecule has 1 saturated heterocycles. The van der Waals surface area contributed by atoms with Crippen LogP contribution in [0.4, 0.5) is 0 Å². The Balaban J connectivity index is 1.19. The lowest BCUT2D eigenvalue weighted by Gasteiger charge is -2.30. The largest absolute Gasteiger partial charge is 0.456 e. The minimum atomic E-state index is -0.572. The third-order valence-electron chi connectivity index (χ3n) is 17.8. The van der Waals surface area contributed by atoms with Gasteiger partial charge in [0.05, 0.1) is 39.2 Å². The molecule has 4 unspecified atom stereocenters. The number of furan rings is 1. The third kappa shape index (κ3) is 9.06. The van der Waals surface area contributed by atoms with Gasteiger partial charge in [0.25, 0.3) is 0 Å². The number of fused-ring (bicyclic) bond motifs is 8. The summed E-state index contributed by atoms with van der Waals surface area (Å²) in [6.07, 6.45) is 41.3. The Labute approximate surface area is 457 Å². The van der Waals surface area contributed by atoms with E-state index in [0.717, 1.165) is 130 Å². The zero-order valence-corrected chi connectivity index (χ0v) is 47.0. The van der Waals surface area contributed by atoms with Crippen molar-refractivity contribution in [1.82, 2.24) is 19.0 Å². The van der Waals surface area contributed by atoms with Crippen LogP contribution in [-0.2, 0) is 16.6 Å². The van der Waals surface area contributed by atoms with Gasteiger partial charge in [-0.15, -0.1) is 0 Å². The Kier molecular flexibility index (Phi) is 14.7. The molecule has 11 rings (SSSR count). The maximum Gasteiger partial charge on any atom is 0.135 e. The van der Waals surface area contributed by atoms with Gasteiger partial charge in [0.2, 0.25) is 0 Å². The van der Waals surface area contributed by atoms with Gasteiger partial charge in [-0.1, -0.05) is 134 Å². The van der Waals surface area contributed by atoms with Crippen LogP contribution in [0.1, 0.15) is 189 Å². The molecule has 0 spiro atoms. The number of para-hydroxylation sites is 1. The fourth-order valence-electron chi connectivity index (χ4n) is 13.7. The van der Waals surface area contributed by atoms with Crippen molar-refractivity contribution in [2.75, 3.05) is 6.54 Å². The van der Waals surface area contributed by atoms with E-state index in [0.29, 0.717) is 5.92 Å². The summed E-state index contributed by atoms with van der Waals surface area (Å²) < 4.78 is 14.2. The van der Waals surface area contributed by atoms with E-state index in [-0.39, 0.29) is 5.54 Å². The van der Waals surface area contributed by atoms with Crippen LogP contribution in [0.25, 0.3) is 85.0 Å². The van der Waals surface area contributed by atoms with E-state index in [1.165, 1.54) is 72.6 Å². The van der Waals surface area contributed by atoms with Crippen molar-refractivity contribution in [3.63, 3.8) is 0 Å². The van der Waals surface area contributed by atoms with Gasteiger partial charge in [-0.25, -0.2) is 0 Å². The Hall–Kier alpha value is -6.64. The first-order chi connectivity index (χ1) is 37.6. The van der Waals surface area contributed by atoms with Crippen molar-refractivity contribution < 1.29 is 4.42 Å². The smallest absolute Gasteiger partial charge is 0.135 e. The average molecular weight is 1020 g/mol. The lowest BCUT2D eigenvalue weighted by atomic mass is 9.81. The van der Waals surface area contributed by atoms with Gasteiger partial charge < -0.3 is 34.9 Å². The first-order valence-electron chi connectivity index (χ1n) is 29.4. The number of nitrogens with two attached hydrogens (primary N) is 2. The van der Waals surface area contributed by atoms with Gasteiger partial charge in [-0.05, 0) is 168 Å². The molecule has 5 N–H and O–H groups in total. The number of rotatable bonds is 17. The van der Waals surface area contributed by atoms with Crippen LogP contribution in [0.15, 0.2) is 132 Å². The summed E-state index contributed by atoms with van der Waals surface area (Å²) in [4.78, 5) is 0. The predicted octanol–water partition coefficient (Wildman–Crippen LogP) is 18.2. The molecule has 4 aromatic heterocycles. The molecular weight excluding hydrogens is 941 g/mol. The minimum absolute atomic E-state index is 0.0876. The van der Waals surface area contributed by atoms with Gasteiger partial charge in [0, 0.05) is 72.9 Å². The number of unbranched alkanes of at least 4 members (excludes halogenated alkanes) is 2. The normalized spacial score (nSPS) is 22.2. The van der Waals surface area contributed by atoms with Crippen LogP contribution in [0, 0.1) is 0 Å². The van der Waals surface area contributed by atoms with E-state index < -0.39 is 11.1 Å². The Morgan fingerprint density at radius 3 is 2.08 bits per heavy atom. The third-order valence-corrected chi connectivity index (χ3v) is 17.8. The summed E-state index contributed by atoms with van der Waals surface area (Å²) in [6, 6.07) is 30.2.